The Morgan fingerprint density at radius 2 is 1.28 bits per heavy atom. The van der Waals surface area contributed by atoms with Gasteiger partial charge in [-0.3, -0.25) is 0 Å². The van der Waals surface area contributed by atoms with Crippen LogP contribution >= 0.6 is 0 Å². The van der Waals surface area contributed by atoms with E-state index in [-0.39, 0.29) is 63.1 Å². The second kappa shape index (κ2) is 17.4. The molecule has 3 saturated heterocycles. The molecule has 1 saturated carbocycles. The SMILES string of the molecule is CO[C@@H]1CC(O)[C@H](O)C(CN)O1.NC1CC(N)CC(OC2CCC(CO)O2)C1.NC[C@@H]1O[C@H](O)CC(O)[C@@H]1O. The molecular weight excluding hydrogens is 520 g/mol. The molecule has 0 aromatic carbocycles. The summed E-state index contributed by atoms with van der Waals surface area (Å²) in [5.74, 6) is 0. The highest BCUT2D eigenvalue weighted by Gasteiger charge is 2.36. The molecule has 1 aliphatic carbocycles. The Bertz CT molecular complexity index is 662. The fourth-order valence-electron chi connectivity index (χ4n) is 4.97. The Hall–Kier alpha value is -0.600. The van der Waals surface area contributed by atoms with E-state index in [1.54, 1.807) is 0 Å². The minimum Gasteiger partial charge on any atom is -0.394 e. The summed E-state index contributed by atoms with van der Waals surface area (Å²) >= 11 is 0. The highest BCUT2D eigenvalue weighted by Crippen LogP contribution is 2.26. The van der Waals surface area contributed by atoms with Crippen LogP contribution in [0.1, 0.15) is 44.9 Å². The molecule has 0 spiro atoms. The molecule has 4 fully saturated rings. The first-order valence-electron chi connectivity index (χ1n) is 13.6. The van der Waals surface area contributed by atoms with E-state index in [1.807, 2.05) is 0 Å². The number of aliphatic hydroxyl groups excluding tert-OH is 6. The van der Waals surface area contributed by atoms with Crippen molar-refractivity contribution in [3.05, 3.63) is 0 Å². The number of aliphatic hydroxyl groups is 6. The molecule has 14 N–H and O–H groups in total. The fraction of sp³-hybridized carbons (Fsp3) is 1.00. The molecule has 39 heavy (non-hydrogen) atoms. The van der Waals surface area contributed by atoms with E-state index in [4.69, 9.17) is 61.9 Å². The Morgan fingerprint density at radius 1 is 0.718 bits per heavy atom. The highest BCUT2D eigenvalue weighted by molar-refractivity contribution is 4.85. The van der Waals surface area contributed by atoms with Gasteiger partial charge in [-0.05, 0) is 25.7 Å². The summed E-state index contributed by atoms with van der Waals surface area (Å²) in [6.45, 7) is 0.344. The Morgan fingerprint density at radius 3 is 1.79 bits per heavy atom. The van der Waals surface area contributed by atoms with Gasteiger partial charge in [0.1, 0.15) is 24.4 Å². The molecule has 12 atom stereocenters. The van der Waals surface area contributed by atoms with E-state index in [0.717, 1.165) is 32.1 Å². The smallest absolute Gasteiger partial charge is 0.160 e. The lowest BCUT2D eigenvalue weighted by molar-refractivity contribution is -0.239. The van der Waals surface area contributed by atoms with E-state index in [0.29, 0.717) is 0 Å². The van der Waals surface area contributed by atoms with Gasteiger partial charge in [0.25, 0.3) is 0 Å². The third-order valence-corrected chi connectivity index (χ3v) is 7.17. The van der Waals surface area contributed by atoms with Crippen molar-refractivity contribution in [2.45, 2.75) is 125 Å². The first kappa shape index (κ1) is 34.6. The third-order valence-electron chi connectivity index (χ3n) is 7.17. The van der Waals surface area contributed by atoms with Crippen molar-refractivity contribution in [3.8, 4) is 0 Å². The number of nitrogens with two attached hydrogens (primary N) is 4. The monoisotopic (exact) mass is 570 g/mol. The zero-order chi connectivity index (χ0) is 29.1. The van der Waals surface area contributed by atoms with E-state index in [1.165, 1.54) is 7.11 Å². The van der Waals surface area contributed by atoms with Crippen molar-refractivity contribution in [1.29, 1.82) is 0 Å². The third kappa shape index (κ3) is 11.3. The minimum atomic E-state index is -1.01. The zero-order valence-electron chi connectivity index (χ0n) is 22.6. The van der Waals surface area contributed by atoms with E-state index >= 15 is 0 Å². The molecule has 0 aromatic heterocycles. The van der Waals surface area contributed by atoms with Crippen LogP contribution in [0.15, 0.2) is 0 Å². The maximum absolute atomic E-state index is 9.34. The molecule has 0 radical (unpaired) electrons. The molecule has 3 aliphatic heterocycles. The van der Waals surface area contributed by atoms with E-state index in [2.05, 4.69) is 0 Å². The summed E-state index contributed by atoms with van der Waals surface area (Å²) in [5, 5.41) is 54.9. The number of ether oxygens (including phenoxy) is 5. The fourth-order valence-corrected chi connectivity index (χ4v) is 4.97. The van der Waals surface area contributed by atoms with Gasteiger partial charge < -0.3 is 77.3 Å². The summed E-state index contributed by atoms with van der Waals surface area (Å²) in [6, 6.07) is 0.285. The average Bonchev–Trinajstić information content (AvgIpc) is 3.35. The zero-order valence-corrected chi connectivity index (χ0v) is 22.6. The number of methoxy groups -OCH3 is 1. The summed E-state index contributed by atoms with van der Waals surface area (Å²) < 4.78 is 26.3. The molecule has 4 rings (SSSR count). The first-order chi connectivity index (χ1) is 18.5. The van der Waals surface area contributed by atoms with Crippen LogP contribution in [0.3, 0.4) is 0 Å². The summed E-state index contributed by atoms with van der Waals surface area (Å²) in [6.07, 6.45) is -1.78. The standard InChI is InChI=1S/C11H22N2O3.C7H15NO4.C6H13NO4/c12-7-3-8(13)5-10(4-7)16-11-2-1-9(6-14)15-11;1-11-6-2-4(9)7(10)5(3-8)12-6;7-2-4-6(10)3(8)1-5(9)11-4/h7-11,14H,1-6,12-13H2;4-7,9-10H,2-3,8H2,1H3;3-6,8-10H,1-2,7H2/t;4?,5?,6-,7-;3?,4-,5-,6-/m.00/s1. The van der Waals surface area contributed by atoms with Gasteiger partial charge in [-0.25, -0.2) is 0 Å². The normalized spacial score (nSPS) is 44.5. The summed E-state index contributed by atoms with van der Waals surface area (Å²) in [7, 11) is 1.49. The van der Waals surface area contributed by atoms with Gasteiger partial charge in [0, 0.05) is 51.5 Å². The maximum atomic E-state index is 9.34. The van der Waals surface area contributed by atoms with Crippen molar-refractivity contribution in [2.24, 2.45) is 22.9 Å². The Labute approximate surface area is 229 Å². The van der Waals surface area contributed by atoms with E-state index < -0.39 is 49.2 Å². The quantitative estimate of drug-likeness (QED) is 0.145. The van der Waals surface area contributed by atoms with Crippen LogP contribution < -0.4 is 22.9 Å². The molecule has 3 heterocycles. The van der Waals surface area contributed by atoms with Crippen molar-refractivity contribution in [1.82, 2.24) is 0 Å². The Balaban J connectivity index is 0.000000210. The van der Waals surface area contributed by atoms with Crippen molar-refractivity contribution in [3.63, 3.8) is 0 Å². The lowest BCUT2D eigenvalue weighted by Crippen LogP contribution is -2.51. The van der Waals surface area contributed by atoms with Gasteiger partial charge in [-0.1, -0.05) is 0 Å². The molecular formula is C24H50N4O11. The van der Waals surface area contributed by atoms with Gasteiger partial charge >= 0.3 is 0 Å². The van der Waals surface area contributed by atoms with Crippen LogP contribution in [-0.2, 0) is 23.7 Å². The van der Waals surface area contributed by atoms with Crippen LogP contribution in [0.25, 0.3) is 0 Å². The van der Waals surface area contributed by atoms with Gasteiger partial charge in [0.05, 0.1) is 31.0 Å². The number of rotatable bonds is 6. The molecule has 0 bridgehead atoms. The van der Waals surface area contributed by atoms with Crippen molar-refractivity contribution in [2.75, 3.05) is 26.8 Å². The molecule has 232 valence electrons. The van der Waals surface area contributed by atoms with Gasteiger partial charge in [0.2, 0.25) is 0 Å². The van der Waals surface area contributed by atoms with Crippen LogP contribution in [-0.4, -0.2) is 137 Å². The van der Waals surface area contributed by atoms with Crippen LogP contribution in [0.5, 0.6) is 0 Å². The topological polar surface area (TPSA) is 272 Å². The van der Waals surface area contributed by atoms with Gasteiger partial charge in [-0.15, -0.1) is 0 Å². The van der Waals surface area contributed by atoms with Crippen LogP contribution in [0, 0.1) is 0 Å². The number of hydrogen-bond donors (Lipinski definition) is 10. The highest BCUT2D eigenvalue weighted by atomic mass is 16.7. The minimum absolute atomic E-state index is 0.0394. The first-order valence-corrected chi connectivity index (χ1v) is 13.6. The maximum Gasteiger partial charge on any atom is 0.160 e. The van der Waals surface area contributed by atoms with Crippen molar-refractivity contribution >= 4 is 0 Å². The molecule has 15 heteroatoms. The lowest BCUT2D eigenvalue weighted by atomic mass is 9.90. The molecule has 4 aliphatic rings. The van der Waals surface area contributed by atoms with E-state index in [9.17, 15) is 15.3 Å². The summed E-state index contributed by atoms with van der Waals surface area (Å²) in [5.41, 5.74) is 22.3. The molecule has 15 nitrogen and oxygen atoms in total. The van der Waals surface area contributed by atoms with Crippen molar-refractivity contribution < 1.29 is 54.3 Å². The van der Waals surface area contributed by atoms with Crippen LogP contribution in [0.2, 0.25) is 0 Å². The molecule has 0 aromatic rings. The Kier molecular flexibility index (Phi) is 15.4. The molecule has 0 amide bonds. The largest absolute Gasteiger partial charge is 0.394 e. The molecule has 7 unspecified atom stereocenters. The second-order valence-electron chi connectivity index (χ2n) is 10.5. The van der Waals surface area contributed by atoms with Crippen LogP contribution in [0.4, 0.5) is 0 Å². The predicted molar refractivity (Wildman–Crippen MR) is 138 cm³/mol. The second-order valence-corrected chi connectivity index (χ2v) is 10.5. The van der Waals surface area contributed by atoms with Gasteiger partial charge in [0.15, 0.2) is 18.9 Å². The number of hydrogen-bond acceptors (Lipinski definition) is 15. The van der Waals surface area contributed by atoms with Gasteiger partial charge in [-0.2, -0.15) is 0 Å². The average molecular weight is 571 g/mol. The summed E-state index contributed by atoms with van der Waals surface area (Å²) in [4.78, 5) is 0. The lowest BCUT2D eigenvalue weighted by Gasteiger charge is -2.35. The predicted octanol–water partition coefficient (Wildman–Crippen LogP) is -4.09.